The Kier molecular flexibility index (Phi) is 10.9. The summed E-state index contributed by atoms with van der Waals surface area (Å²) in [7, 11) is 0. The molecule has 1 aromatic heterocycles. The van der Waals surface area contributed by atoms with Crippen LogP contribution in [0.15, 0.2) is 29.3 Å². The molecule has 1 heterocycles. The maximum atomic E-state index is 5.68. The molecule has 0 unspecified atom stereocenters. The van der Waals surface area contributed by atoms with E-state index in [0.717, 1.165) is 23.2 Å². The van der Waals surface area contributed by atoms with Crippen LogP contribution < -0.4 is 10.6 Å². The lowest BCUT2D eigenvalue weighted by Crippen LogP contribution is -2.36. The van der Waals surface area contributed by atoms with Gasteiger partial charge in [-0.05, 0) is 45.7 Å². The molecule has 0 saturated carbocycles. The number of benzene rings is 1. The molecule has 150 valence electrons. The van der Waals surface area contributed by atoms with Crippen LogP contribution in [-0.2, 0) is 24.4 Å². The molecule has 0 atom stereocenters. The molecule has 0 fully saturated rings. The minimum Gasteiger partial charge on any atom is -0.374 e. The van der Waals surface area contributed by atoms with Crippen molar-refractivity contribution in [3.05, 3.63) is 51.0 Å². The van der Waals surface area contributed by atoms with Crippen LogP contribution in [0.2, 0.25) is 0 Å². The van der Waals surface area contributed by atoms with Crippen LogP contribution in [0.1, 0.15) is 47.5 Å². The highest BCUT2D eigenvalue weighted by Gasteiger charge is 2.05. The molecule has 0 spiro atoms. The zero-order chi connectivity index (χ0) is 18.9. The van der Waals surface area contributed by atoms with E-state index < -0.39 is 0 Å². The van der Waals surface area contributed by atoms with Crippen molar-refractivity contribution in [3.63, 3.8) is 0 Å². The lowest BCUT2D eigenvalue weighted by molar-refractivity contribution is 0.0657. The summed E-state index contributed by atoms with van der Waals surface area (Å²) in [6.45, 7) is 13.1. The fraction of sp³-hybridized carbons (Fsp3) is 0.500. The van der Waals surface area contributed by atoms with Crippen LogP contribution in [0.5, 0.6) is 0 Å². The second-order valence-electron chi connectivity index (χ2n) is 6.48. The highest BCUT2D eigenvalue weighted by Crippen LogP contribution is 2.16. The molecule has 0 aliphatic carbocycles. The van der Waals surface area contributed by atoms with Crippen molar-refractivity contribution >= 4 is 41.3 Å². The average molecular weight is 502 g/mol. The quantitative estimate of drug-likeness (QED) is 0.316. The summed E-state index contributed by atoms with van der Waals surface area (Å²) < 4.78 is 5.68. The first kappa shape index (κ1) is 23.8. The third-order valence-corrected chi connectivity index (χ3v) is 4.89. The van der Waals surface area contributed by atoms with Gasteiger partial charge in [0, 0.05) is 11.4 Å². The average Bonchev–Trinajstić information content (AvgIpc) is 2.94. The summed E-state index contributed by atoms with van der Waals surface area (Å²) in [5.74, 6) is 0.807. The molecule has 27 heavy (non-hydrogen) atoms. The zero-order valence-corrected chi connectivity index (χ0v) is 20.0. The van der Waals surface area contributed by atoms with E-state index in [-0.39, 0.29) is 30.1 Å². The van der Waals surface area contributed by atoms with Crippen LogP contribution in [0.4, 0.5) is 0 Å². The molecule has 0 bridgehead atoms. The van der Waals surface area contributed by atoms with E-state index >= 15 is 0 Å². The first-order valence-electron chi connectivity index (χ1n) is 9.12. The summed E-state index contributed by atoms with van der Waals surface area (Å²) in [6.07, 6.45) is 0.236. The van der Waals surface area contributed by atoms with Crippen LogP contribution in [-0.4, -0.2) is 23.6 Å². The van der Waals surface area contributed by atoms with Gasteiger partial charge in [0.05, 0.1) is 31.5 Å². The summed E-state index contributed by atoms with van der Waals surface area (Å²) in [4.78, 5) is 10.5. The molecule has 2 N–H and O–H groups in total. The Bertz CT molecular complexity index is 711. The fourth-order valence-corrected chi connectivity index (χ4v) is 3.24. The molecule has 7 heteroatoms. The van der Waals surface area contributed by atoms with E-state index in [9.17, 15) is 0 Å². The molecular formula is C20H31IN4OS. The van der Waals surface area contributed by atoms with Gasteiger partial charge in [0.25, 0.3) is 0 Å². The van der Waals surface area contributed by atoms with Crippen molar-refractivity contribution < 1.29 is 4.74 Å². The van der Waals surface area contributed by atoms with Crippen molar-refractivity contribution in [1.82, 2.24) is 15.6 Å². The molecule has 0 amide bonds. The normalized spacial score (nSPS) is 11.4. The van der Waals surface area contributed by atoms with Crippen LogP contribution >= 0.6 is 35.3 Å². The number of aliphatic imine (C=N–C) groups is 1. The van der Waals surface area contributed by atoms with Crippen LogP contribution in [0, 0.1) is 13.8 Å². The molecule has 5 nitrogen and oxygen atoms in total. The molecular weight excluding hydrogens is 471 g/mol. The van der Waals surface area contributed by atoms with Gasteiger partial charge in [0.15, 0.2) is 5.96 Å². The highest BCUT2D eigenvalue weighted by molar-refractivity contribution is 14.0. The van der Waals surface area contributed by atoms with E-state index in [1.165, 1.54) is 16.0 Å². The number of thiazole rings is 1. The Labute approximate surface area is 184 Å². The van der Waals surface area contributed by atoms with Crippen molar-refractivity contribution in [3.8, 4) is 0 Å². The zero-order valence-electron chi connectivity index (χ0n) is 16.8. The van der Waals surface area contributed by atoms with Crippen LogP contribution in [0.3, 0.4) is 0 Å². The monoisotopic (exact) mass is 502 g/mol. The first-order chi connectivity index (χ1) is 12.5. The van der Waals surface area contributed by atoms with Gasteiger partial charge in [-0.1, -0.05) is 24.3 Å². The SMILES string of the molecule is CCNC(=NCc1cccc(COC(C)C)c1)NCc1nc(C)c(C)s1.I. The van der Waals surface area contributed by atoms with E-state index in [4.69, 9.17) is 9.73 Å². The number of nitrogens with zero attached hydrogens (tertiary/aromatic N) is 2. The van der Waals surface area contributed by atoms with Gasteiger partial charge in [-0.3, -0.25) is 0 Å². The van der Waals surface area contributed by atoms with Gasteiger partial charge in [0.2, 0.25) is 0 Å². The predicted octanol–water partition coefficient (Wildman–Crippen LogP) is 4.56. The Morgan fingerprint density at radius 2 is 1.96 bits per heavy atom. The number of nitrogens with one attached hydrogen (secondary N) is 2. The van der Waals surface area contributed by atoms with Gasteiger partial charge in [-0.15, -0.1) is 35.3 Å². The molecule has 0 radical (unpaired) electrons. The van der Waals surface area contributed by atoms with E-state index in [0.29, 0.717) is 19.7 Å². The maximum Gasteiger partial charge on any atom is 0.191 e. The second-order valence-corrected chi connectivity index (χ2v) is 7.77. The third-order valence-electron chi connectivity index (χ3n) is 3.82. The first-order valence-corrected chi connectivity index (χ1v) is 9.94. The molecule has 2 aromatic rings. The Balaban J connectivity index is 0.00000364. The van der Waals surface area contributed by atoms with Gasteiger partial charge < -0.3 is 15.4 Å². The lowest BCUT2D eigenvalue weighted by Gasteiger charge is -2.11. The van der Waals surface area contributed by atoms with Gasteiger partial charge >= 0.3 is 0 Å². The molecule has 0 aliphatic heterocycles. The van der Waals surface area contributed by atoms with Gasteiger partial charge in [-0.25, -0.2) is 9.98 Å². The number of halogens is 1. The predicted molar refractivity (Wildman–Crippen MR) is 125 cm³/mol. The largest absolute Gasteiger partial charge is 0.374 e. The molecule has 2 rings (SSSR count). The molecule has 1 aromatic carbocycles. The van der Waals surface area contributed by atoms with Crippen molar-refractivity contribution in [1.29, 1.82) is 0 Å². The standard InChI is InChI=1S/C20H30N4OS.HI/c1-6-21-20(23-12-19-24-15(4)16(5)26-19)22-11-17-8-7-9-18(10-17)13-25-14(2)3;/h7-10,14H,6,11-13H2,1-5H3,(H2,21,22,23);1H. The van der Waals surface area contributed by atoms with Crippen molar-refractivity contribution in [2.24, 2.45) is 4.99 Å². The molecule has 0 aliphatic rings. The number of guanidine groups is 1. The van der Waals surface area contributed by atoms with Crippen molar-refractivity contribution in [2.75, 3.05) is 6.54 Å². The van der Waals surface area contributed by atoms with Gasteiger partial charge in [0.1, 0.15) is 5.01 Å². The second kappa shape index (κ2) is 12.3. The van der Waals surface area contributed by atoms with Crippen LogP contribution in [0.25, 0.3) is 0 Å². The topological polar surface area (TPSA) is 58.5 Å². The van der Waals surface area contributed by atoms with Crippen molar-refractivity contribution in [2.45, 2.75) is 60.4 Å². The van der Waals surface area contributed by atoms with E-state index in [1.807, 2.05) is 20.8 Å². The third kappa shape index (κ3) is 8.57. The minimum absolute atomic E-state index is 0. The number of hydrogen-bond acceptors (Lipinski definition) is 4. The van der Waals surface area contributed by atoms with E-state index in [1.54, 1.807) is 11.3 Å². The Morgan fingerprint density at radius 3 is 2.59 bits per heavy atom. The number of ether oxygens (including phenoxy) is 1. The number of hydrogen-bond donors (Lipinski definition) is 2. The van der Waals surface area contributed by atoms with Gasteiger partial charge in [-0.2, -0.15) is 0 Å². The summed E-state index contributed by atoms with van der Waals surface area (Å²) in [5, 5.41) is 7.74. The number of aryl methyl sites for hydroxylation is 2. The fourth-order valence-electron chi connectivity index (χ4n) is 2.37. The maximum absolute atomic E-state index is 5.68. The van der Waals surface area contributed by atoms with E-state index in [2.05, 4.69) is 53.7 Å². The highest BCUT2D eigenvalue weighted by atomic mass is 127. The molecule has 0 saturated heterocycles. The Morgan fingerprint density at radius 1 is 1.22 bits per heavy atom. The number of rotatable bonds is 8. The minimum atomic E-state index is 0. The smallest absolute Gasteiger partial charge is 0.191 e. The summed E-state index contributed by atoms with van der Waals surface area (Å²) >= 11 is 1.73. The lowest BCUT2D eigenvalue weighted by atomic mass is 10.1. The number of aromatic nitrogens is 1. The summed E-state index contributed by atoms with van der Waals surface area (Å²) in [5.41, 5.74) is 3.46. The summed E-state index contributed by atoms with van der Waals surface area (Å²) in [6, 6.07) is 8.40. The Hall–Kier alpha value is -1.19.